The lowest BCUT2D eigenvalue weighted by atomic mass is 10.1. The number of methoxy groups -OCH3 is 1. The van der Waals surface area contributed by atoms with Gasteiger partial charge in [-0.2, -0.15) is 0 Å². The monoisotopic (exact) mass is 340 g/mol. The molecule has 0 aliphatic rings. The Balaban J connectivity index is 1.73. The number of amides is 1. The molecule has 1 N–H and O–H groups in total. The predicted molar refractivity (Wildman–Crippen MR) is 104 cm³/mol. The molecule has 2 aromatic rings. The topological polar surface area (TPSA) is 41.6 Å². The summed E-state index contributed by atoms with van der Waals surface area (Å²) in [6.45, 7) is 2.69. The van der Waals surface area contributed by atoms with E-state index >= 15 is 0 Å². The van der Waals surface area contributed by atoms with Crippen molar-refractivity contribution in [2.75, 3.05) is 32.6 Å². The van der Waals surface area contributed by atoms with Gasteiger partial charge in [-0.1, -0.05) is 24.3 Å². The van der Waals surface area contributed by atoms with E-state index in [-0.39, 0.29) is 5.91 Å². The first-order valence-corrected chi connectivity index (χ1v) is 8.66. The molecule has 0 saturated carbocycles. The summed E-state index contributed by atoms with van der Waals surface area (Å²) in [5, 5.41) is 3.00. The van der Waals surface area contributed by atoms with E-state index in [1.54, 1.807) is 7.11 Å². The van der Waals surface area contributed by atoms with Crippen LogP contribution in [0.4, 0.5) is 5.69 Å². The molecule has 4 heteroatoms. The van der Waals surface area contributed by atoms with Crippen LogP contribution in [0.15, 0.2) is 42.5 Å². The summed E-state index contributed by atoms with van der Waals surface area (Å²) >= 11 is 0. The molecule has 25 heavy (non-hydrogen) atoms. The standard InChI is InChI=1S/C21H28N2O2/c1-16-7-8-18(14-20(16)25-4)15-21(24)22-13-5-6-17-9-11-19(12-10-17)23(2)3/h7-12,14H,5-6,13,15H2,1-4H3,(H,22,24). The molecule has 0 saturated heterocycles. The van der Waals surface area contributed by atoms with Crippen molar-refractivity contribution in [3.8, 4) is 5.75 Å². The maximum absolute atomic E-state index is 12.1. The number of benzene rings is 2. The Morgan fingerprint density at radius 2 is 1.76 bits per heavy atom. The SMILES string of the molecule is COc1cc(CC(=O)NCCCc2ccc(N(C)C)cc2)ccc1C. The van der Waals surface area contributed by atoms with E-state index in [4.69, 9.17) is 4.74 Å². The molecular weight excluding hydrogens is 312 g/mol. The number of rotatable bonds is 8. The highest BCUT2D eigenvalue weighted by Gasteiger charge is 2.06. The van der Waals surface area contributed by atoms with Crippen LogP contribution in [0, 0.1) is 6.92 Å². The van der Waals surface area contributed by atoms with Crippen molar-refractivity contribution in [3.05, 3.63) is 59.2 Å². The van der Waals surface area contributed by atoms with Gasteiger partial charge in [0.25, 0.3) is 0 Å². The van der Waals surface area contributed by atoms with Gasteiger partial charge in [-0.05, 0) is 54.7 Å². The smallest absolute Gasteiger partial charge is 0.224 e. The molecule has 0 heterocycles. The van der Waals surface area contributed by atoms with Crippen LogP contribution in [0.1, 0.15) is 23.1 Å². The van der Waals surface area contributed by atoms with Crippen LogP contribution in [0.3, 0.4) is 0 Å². The summed E-state index contributed by atoms with van der Waals surface area (Å²) in [7, 11) is 5.72. The average molecular weight is 340 g/mol. The minimum Gasteiger partial charge on any atom is -0.496 e. The molecule has 0 aromatic heterocycles. The van der Waals surface area contributed by atoms with Gasteiger partial charge in [0.1, 0.15) is 5.75 Å². The van der Waals surface area contributed by atoms with Crippen LogP contribution in [0.25, 0.3) is 0 Å². The summed E-state index contributed by atoms with van der Waals surface area (Å²) in [6.07, 6.45) is 2.28. The highest BCUT2D eigenvalue weighted by Crippen LogP contribution is 2.19. The quantitative estimate of drug-likeness (QED) is 0.749. The Hall–Kier alpha value is -2.49. The molecule has 0 unspecified atom stereocenters. The van der Waals surface area contributed by atoms with Crippen LogP contribution < -0.4 is 15.0 Å². The van der Waals surface area contributed by atoms with E-state index in [2.05, 4.69) is 34.5 Å². The zero-order valence-electron chi connectivity index (χ0n) is 15.6. The number of aryl methyl sites for hydroxylation is 2. The summed E-state index contributed by atoms with van der Waals surface area (Å²) in [6, 6.07) is 14.4. The maximum Gasteiger partial charge on any atom is 0.224 e. The molecule has 134 valence electrons. The van der Waals surface area contributed by atoms with Crippen molar-refractivity contribution in [1.29, 1.82) is 0 Å². The molecule has 0 aliphatic carbocycles. The number of nitrogens with zero attached hydrogens (tertiary/aromatic N) is 1. The second kappa shape index (κ2) is 9.11. The van der Waals surface area contributed by atoms with Crippen molar-refractivity contribution >= 4 is 11.6 Å². The summed E-state index contributed by atoms with van der Waals surface area (Å²) < 4.78 is 5.30. The number of hydrogen-bond donors (Lipinski definition) is 1. The van der Waals surface area contributed by atoms with Gasteiger partial charge < -0.3 is 15.0 Å². The molecule has 0 radical (unpaired) electrons. The van der Waals surface area contributed by atoms with Gasteiger partial charge in [0.05, 0.1) is 13.5 Å². The van der Waals surface area contributed by atoms with Gasteiger partial charge in [0, 0.05) is 26.3 Å². The fraction of sp³-hybridized carbons (Fsp3) is 0.381. The number of hydrogen-bond acceptors (Lipinski definition) is 3. The maximum atomic E-state index is 12.1. The van der Waals surface area contributed by atoms with E-state index in [9.17, 15) is 4.79 Å². The first kappa shape index (κ1) is 18.8. The average Bonchev–Trinajstić information content (AvgIpc) is 2.60. The number of carbonyl (C=O) groups is 1. The van der Waals surface area contributed by atoms with Crippen molar-refractivity contribution in [2.24, 2.45) is 0 Å². The summed E-state index contributed by atoms with van der Waals surface area (Å²) in [4.78, 5) is 14.2. The fourth-order valence-corrected chi connectivity index (χ4v) is 2.70. The van der Waals surface area contributed by atoms with Crippen molar-refractivity contribution in [2.45, 2.75) is 26.2 Å². The predicted octanol–water partition coefficient (Wildman–Crippen LogP) is 3.36. The summed E-state index contributed by atoms with van der Waals surface area (Å²) in [5.41, 5.74) is 4.54. The number of nitrogens with one attached hydrogen (secondary N) is 1. The Morgan fingerprint density at radius 1 is 1.08 bits per heavy atom. The van der Waals surface area contributed by atoms with E-state index < -0.39 is 0 Å². The second-order valence-corrected chi connectivity index (χ2v) is 6.50. The lowest BCUT2D eigenvalue weighted by Crippen LogP contribution is -2.26. The minimum atomic E-state index is 0.0499. The van der Waals surface area contributed by atoms with E-state index in [1.165, 1.54) is 11.3 Å². The van der Waals surface area contributed by atoms with Crippen LogP contribution in [-0.4, -0.2) is 33.7 Å². The Kier molecular flexibility index (Phi) is 6.87. The third-order valence-electron chi connectivity index (χ3n) is 4.25. The molecule has 2 aromatic carbocycles. The second-order valence-electron chi connectivity index (χ2n) is 6.50. The Labute approximate surface area is 150 Å². The minimum absolute atomic E-state index is 0.0499. The van der Waals surface area contributed by atoms with Gasteiger partial charge in [-0.3, -0.25) is 4.79 Å². The molecule has 2 rings (SSSR count). The highest BCUT2D eigenvalue weighted by atomic mass is 16.5. The van der Waals surface area contributed by atoms with Crippen molar-refractivity contribution in [1.82, 2.24) is 5.32 Å². The highest BCUT2D eigenvalue weighted by molar-refractivity contribution is 5.78. The van der Waals surface area contributed by atoms with Gasteiger partial charge in [-0.25, -0.2) is 0 Å². The largest absolute Gasteiger partial charge is 0.496 e. The molecule has 0 spiro atoms. The number of ether oxygens (including phenoxy) is 1. The third-order valence-corrected chi connectivity index (χ3v) is 4.25. The van der Waals surface area contributed by atoms with Crippen LogP contribution in [0.2, 0.25) is 0 Å². The van der Waals surface area contributed by atoms with Gasteiger partial charge in [-0.15, -0.1) is 0 Å². The van der Waals surface area contributed by atoms with Gasteiger partial charge >= 0.3 is 0 Å². The lowest BCUT2D eigenvalue weighted by molar-refractivity contribution is -0.120. The van der Waals surface area contributed by atoms with Crippen LogP contribution in [-0.2, 0) is 17.6 Å². The van der Waals surface area contributed by atoms with E-state index in [0.717, 1.165) is 29.7 Å². The number of carbonyl (C=O) groups excluding carboxylic acids is 1. The zero-order valence-corrected chi connectivity index (χ0v) is 15.6. The Bertz CT molecular complexity index is 694. The molecule has 4 nitrogen and oxygen atoms in total. The van der Waals surface area contributed by atoms with Crippen LogP contribution in [0.5, 0.6) is 5.75 Å². The molecule has 0 bridgehead atoms. The first-order valence-electron chi connectivity index (χ1n) is 8.66. The lowest BCUT2D eigenvalue weighted by Gasteiger charge is -2.12. The van der Waals surface area contributed by atoms with E-state index in [0.29, 0.717) is 13.0 Å². The molecule has 1 amide bonds. The number of anilines is 1. The van der Waals surface area contributed by atoms with Crippen molar-refractivity contribution < 1.29 is 9.53 Å². The van der Waals surface area contributed by atoms with Crippen LogP contribution >= 0.6 is 0 Å². The zero-order chi connectivity index (χ0) is 18.2. The molecular formula is C21H28N2O2. The third kappa shape index (κ3) is 5.82. The fourth-order valence-electron chi connectivity index (χ4n) is 2.70. The van der Waals surface area contributed by atoms with Crippen molar-refractivity contribution in [3.63, 3.8) is 0 Å². The Morgan fingerprint density at radius 3 is 2.40 bits per heavy atom. The summed E-state index contributed by atoms with van der Waals surface area (Å²) in [5.74, 6) is 0.875. The van der Waals surface area contributed by atoms with Gasteiger partial charge in [0.2, 0.25) is 5.91 Å². The van der Waals surface area contributed by atoms with E-state index in [1.807, 2.05) is 39.2 Å². The molecule has 0 fully saturated rings. The molecule has 0 atom stereocenters. The molecule has 0 aliphatic heterocycles. The van der Waals surface area contributed by atoms with Gasteiger partial charge in [0.15, 0.2) is 0 Å². The normalized spacial score (nSPS) is 10.4. The first-order chi connectivity index (χ1) is 12.0.